The SMILES string of the molecule is Cl.Cl.Cl.Cl.N.Nc1cccc(N)c1N. The quantitative estimate of drug-likeness (QED) is 0.548. The first kappa shape index (κ1) is 29.2. The average molecular weight is 286 g/mol. The second-order valence-corrected chi connectivity index (χ2v) is 1.85. The van der Waals surface area contributed by atoms with E-state index in [1.165, 1.54) is 0 Å². The molecular formula is C6H16Cl4N4. The van der Waals surface area contributed by atoms with Gasteiger partial charge in [0.25, 0.3) is 0 Å². The zero-order chi connectivity index (χ0) is 6.85. The highest BCUT2D eigenvalue weighted by Gasteiger charge is 1.94. The van der Waals surface area contributed by atoms with E-state index in [0.29, 0.717) is 17.1 Å². The molecule has 0 radical (unpaired) electrons. The molecule has 0 aliphatic carbocycles. The van der Waals surface area contributed by atoms with Crippen molar-refractivity contribution in [3.8, 4) is 0 Å². The van der Waals surface area contributed by atoms with Crippen LogP contribution in [0.2, 0.25) is 0 Å². The van der Waals surface area contributed by atoms with Crippen molar-refractivity contribution in [2.75, 3.05) is 17.2 Å². The molecule has 0 unspecified atom stereocenters. The van der Waals surface area contributed by atoms with Gasteiger partial charge in [0.05, 0.1) is 17.1 Å². The second-order valence-electron chi connectivity index (χ2n) is 1.85. The van der Waals surface area contributed by atoms with Crippen molar-refractivity contribution in [1.29, 1.82) is 0 Å². The molecule has 14 heavy (non-hydrogen) atoms. The summed E-state index contributed by atoms with van der Waals surface area (Å²) in [6, 6.07) is 5.19. The molecule has 1 rings (SSSR count). The Labute approximate surface area is 108 Å². The third kappa shape index (κ3) is 7.17. The highest BCUT2D eigenvalue weighted by atomic mass is 35.5. The molecule has 0 amide bonds. The standard InChI is InChI=1S/C6H9N3.4ClH.H3N/c7-4-2-1-3-5(8)6(4)9;;;;;/h1-3H,7-9H2;4*1H;1H3. The molecular weight excluding hydrogens is 270 g/mol. The van der Waals surface area contributed by atoms with Crippen LogP contribution in [0, 0.1) is 0 Å². The molecule has 9 N–H and O–H groups in total. The average Bonchev–Trinajstić information content (AvgIpc) is 1.83. The molecule has 0 fully saturated rings. The van der Waals surface area contributed by atoms with Crippen LogP contribution in [0.3, 0.4) is 0 Å². The van der Waals surface area contributed by atoms with Crippen molar-refractivity contribution in [3.63, 3.8) is 0 Å². The number of nitrogen functional groups attached to an aromatic ring is 3. The Morgan fingerprint density at radius 3 is 1.21 bits per heavy atom. The van der Waals surface area contributed by atoms with E-state index in [2.05, 4.69) is 0 Å². The number of hydrogen-bond acceptors (Lipinski definition) is 4. The van der Waals surface area contributed by atoms with Gasteiger partial charge in [0.1, 0.15) is 0 Å². The molecule has 0 heterocycles. The lowest BCUT2D eigenvalue weighted by Gasteiger charge is -2.00. The number of halogens is 4. The molecule has 1 aromatic rings. The van der Waals surface area contributed by atoms with Gasteiger partial charge in [-0.15, -0.1) is 49.6 Å². The summed E-state index contributed by atoms with van der Waals surface area (Å²) in [6.45, 7) is 0. The Balaban J connectivity index is -0.0000000540. The fourth-order valence-electron chi connectivity index (χ4n) is 0.602. The van der Waals surface area contributed by atoms with Crippen LogP contribution in [0.25, 0.3) is 0 Å². The summed E-state index contributed by atoms with van der Waals surface area (Å²) in [6.07, 6.45) is 0. The number of para-hydroxylation sites is 1. The van der Waals surface area contributed by atoms with Crippen molar-refractivity contribution >= 4 is 66.7 Å². The fraction of sp³-hybridized carbons (Fsp3) is 0. The topological polar surface area (TPSA) is 113 Å². The van der Waals surface area contributed by atoms with Crippen LogP contribution in [0.1, 0.15) is 0 Å². The van der Waals surface area contributed by atoms with Gasteiger partial charge in [0, 0.05) is 0 Å². The molecule has 0 saturated carbocycles. The van der Waals surface area contributed by atoms with Crippen LogP contribution in [-0.4, -0.2) is 0 Å². The van der Waals surface area contributed by atoms with Gasteiger partial charge in [-0.2, -0.15) is 0 Å². The Morgan fingerprint density at radius 2 is 1.00 bits per heavy atom. The third-order valence-corrected chi connectivity index (χ3v) is 1.17. The molecule has 0 aromatic heterocycles. The molecule has 1 aromatic carbocycles. The van der Waals surface area contributed by atoms with Crippen LogP contribution >= 0.6 is 49.6 Å². The summed E-state index contributed by atoms with van der Waals surface area (Å²) in [5.41, 5.74) is 17.8. The van der Waals surface area contributed by atoms with E-state index in [9.17, 15) is 0 Å². The maximum absolute atomic E-state index is 5.43. The smallest absolute Gasteiger partial charge is 0.0781 e. The lowest BCUT2D eigenvalue weighted by Crippen LogP contribution is -1.98. The maximum Gasteiger partial charge on any atom is 0.0781 e. The molecule has 0 spiro atoms. The van der Waals surface area contributed by atoms with Crippen LogP contribution in [0.15, 0.2) is 18.2 Å². The van der Waals surface area contributed by atoms with Crippen LogP contribution in [0.5, 0.6) is 0 Å². The summed E-state index contributed by atoms with van der Waals surface area (Å²) >= 11 is 0. The minimum Gasteiger partial charge on any atom is -0.397 e. The predicted molar refractivity (Wildman–Crippen MR) is 73.7 cm³/mol. The summed E-state index contributed by atoms with van der Waals surface area (Å²) in [5.74, 6) is 0. The van der Waals surface area contributed by atoms with E-state index in [0.717, 1.165) is 0 Å². The number of nitrogens with two attached hydrogens (primary N) is 3. The third-order valence-electron chi connectivity index (χ3n) is 1.17. The summed E-state index contributed by atoms with van der Waals surface area (Å²) in [7, 11) is 0. The van der Waals surface area contributed by atoms with E-state index in [1.807, 2.05) is 0 Å². The number of benzene rings is 1. The van der Waals surface area contributed by atoms with Crippen molar-refractivity contribution in [3.05, 3.63) is 18.2 Å². The zero-order valence-corrected chi connectivity index (χ0v) is 10.6. The normalized spacial score (nSPS) is 6.00. The van der Waals surface area contributed by atoms with Crippen LogP contribution in [-0.2, 0) is 0 Å². The van der Waals surface area contributed by atoms with Crippen LogP contribution < -0.4 is 23.4 Å². The van der Waals surface area contributed by atoms with Crippen molar-refractivity contribution in [1.82, 2.24) is 6.15 Å². The Morgan fingerprint density at radius 1 is 0.714 bits per heavy atom. The minimum atomic E-state index is 0. The Kier molecular flexibility index (Phi) is 26.6. The monoisotopic (exact) mass is 284 g/mol. The Bertz CT molecular complexity index is 213. The molecule has 0 aliphatic rings. The lowest BCUT2D eigenvalue weighted by molar-refractivity contribution is 1.65. The highest BCUT2D eigenvalue weighted by Crippen LogP contribution is 2.20. The van der Waals surface area contributed by atoms with Gasteiger partial charge in [-0.1, -0.05) is 6.07 Å². The van der Waals surface area contributed by atoms with Gasteiger partial charge in [0.15, 0.2) is 0 Å². The van der Waals surface area contributed by atoms with Gasteiger partial charge in [-0.25, -0.2) is 0 Å². The van der Waals surface area contributed by atoms with E-state index < -0.39 is 0 Å². The molecule has 4 nitrogen and oxygen atoms in total. The lowest BCUT2D eigenvalue weighted by atomic mass is 10.2. The fourth-order valence-corrected chi connectivity index (χ4v) is 0.602. The number of hydrogen-bond donors (Lipinski definition) is 4. The Hall–Kier alpha value is -0.260. The first-order chi connectivity index (χ1) is 4.22. The second kappa shape index (κ2) is 12.7. The van der Waals surface area contributed by atoms with Crippen molar-refractivity contribution < 1.29 is 0 Å². The summed E-state index contributed by atoms with van der Waals surface area (Å²) in [5, 5.41) is 0. The first-order valence-corrected chi connectivity index (χ1v) is 2.61. The first-order valence-electron chi connectivity index (χ1n) is 2.61. The highest BCUT2D eigenvalue weighted by molar-refractivity contribution is 5.86. The van der Waals surface area contributed by atoms with E-state index >= 15 is 0 Å². The van der Waals surface area contributed by atoms with E-state index in [-0.39, 0.29) is 55.8 Å². The van der Waals surface area contributed by atoms with Gasteiger partial charge in [-0.3, -0.25) is 0 Å². The van der Waals surface area contributed by atoms with Gasteiger partial charge < -0.3 is 23.4 Å². The largest absolute Gasteiger partial charge is 0.397 e. The van der Waals surface area contributed by atoms with Gasteiger partial charge >= 0.3 is 0 Å². The van der Waals surface area contributed by atoms with Gasteiger partial charge in [0.2, 0.25) is 0 Å². The van der Waals surface area contributed by atoms with E-state index in [1.54, 1.807) is 18.2 Å². The molecule has 0 bridgehead atoms. The molecule has 8 heteroatoms. The molecule has 0 atom stereocenters. The molecule has 0 saturated heterocycles. The number of anilines is 3. The number of rotatable bonds is 0. The molecule has 0 aliphatic heterocycles. The zero-order valence-electron chi connectivity index (χ0n) is 7.30. The summed E-state index contributed by atoms with van der Waals surface area (Å²) < 4.78 is 0. The minimum absolute atomic E-state index is 0. The van der Waals surface area contributed by atoms with Crippen LogP contribution in [0.4, 0.5) is 17.1 Å². The van der Waals surface area contributed by atoms with Gasteiger partial charge in [-0.05, 0) is 12.1 Å². The van der Waals surface area contributed by atoms with E-state index in [4.69, 9.17) is 17.2 Å². The predicted octanol–water partition coefficient (Wildman–Crippen LogP) is 2.28. The van der Waals surface area contributed by atoms with Crippen molar-refractivity contribution in [2.24, 2.45) is 0 Å². The maximum atomic E-state index is 5.43. The van der Waals surface area contributed by atoms with Crippen molar-refractivity contribution in [2.45, 2.75) is 0 Å². The molecule has 88 valence electrons. The summed E-state index contributed by atoms with van der Waals surface area (Å²) in [4.78, 5) is 0.